The van der Waals surface area contributed by atoms with E-state index in [1.165, 1.54) is 23.5 Å². The molecule has 3 N–H and O–H groups in total. The van der Waals surface area contributed by atoms with Crippen LogP contribution >= 0.6 is 11.3 Å². The lowest BCUT2D eigenvalue weighted by molar-refractivity contribution is -0.0681. The maximum Gasteiger partial charge on any atom is 0.238 e. The number of sulfonamides is 1. The maximum absolute atomic E-state index is 11.6. The van der Waals surface area contributed by atoms with Crippen molar-refractivity contribution in [1.82, 2.24) is 9.97 Å². The number of aliphatic hydroxyl groups is 1. The predicted molar refractivity (Wildman–Crippen MR) is 133 cm³/mol. The lowest BCUT2D eigenvalue weighted by Crippen LogP contribution is -2.33. The maximum atomic E-state index is 11.6. The minimum Gasteiger partial charge on any atom is -0.437 e. The molecule has 0 amide bonds. The molecule has 1 aliphatic heterocycles. The van der Waals surface area contributed by atoms with Crippen molar-refractivity contribution >= 4 is 21.4 Å². The third kappa shape index (κ3) is 5.41. The molecule has 36 heavy (non-hydrogen) atoms. The van der Waals surface area contributed by atoms with Crippen LogP contribution in [-0.2, 0) is 38.3 Å². The molecule has 0 atom stereocenters. The van der Waals surface area contributed by atoms with Crippen molar-refractivity contribution < 1.29 is 27.4 Å². The summed E-state index contributed by atoms with van der Waals surface area (Å²) < 4.78 is 40.5. The van der Waals surface area contributed by atoms with Crippen LogP contribution in [0.4, 0.5) is 0 Å². The molecule has 1 aliphatic rings. The number of aromatic nitrogens is 2. The Labute approximate surface area is 212 Å². The van der Waals surface area contributed by atoms with Gasteiger partial charge in [0.15, 0.2) is 5.76 Å². The van der Waals surface area contributed by atoms with Gasteiger partial charge < -0.3 is 19.0 Å². The summed E-state index contributed by atoms with van der Waals surface area (Å²) in [5.74, 6) is 0.872. The number of thiazole rings is 1. The number of hydrogen-bond acceptors (Lipinski definition) is 9. The highest BCUT2D eigenvalue weighted by molar-refractivity contribution is 7.89. The van der Waals surface area contributed by atoms with Crippen LogP contribution in [0.25, 0.3) is 22.6 Å². The van der Waals surface area contributed by atoms with Gasteiger partial charge in [-0.1, -0.05) is 30.3 Å². The Morgan fingerprint density at radius 2 is 1.72 bits per heavy atom. The van der Waals surface area contributed by atoms with E-state index in [-0.39, 0.29) is 18.1 Å². The fourth-order valence-corrected chi connectivity index (χ4v) is 5.44. The molecule has 1 fully saturated rings. The van der Waals surface area contributed by atoms with Crippen molar-refractivity contribution in [2.24, 2.45) is 5.14 Å². The average molecular weight is 528 g/mol. The first-order valence-corrected chi connectivity index (χ1v) is 13.8. The zero-order valence-corrected chi connectivity index (χ0v) is 20.9. The summed E-state index contributed by atoms with van der Waals surface area (Å²) in [6, 6.07) is 15.7. The molecular weight excluding hydrogens is 502 g/mol. The summed E-state index contributed by atoms with van der Waals surface area (Å²) in [4.78, 5) is 9.22. The first-order chi connectivity index (χ1) is 17.3. The predicted octanol–water partition coefficient (Wildman–Crippen LogP) is 3.83. The second kappa shape index (κ2) is 10.2. The molecule has 188 valence electrons. The molecule has 11 heteroatoms. The van der Waals surface area contributed by atoms with E-state index in [9.17, 15) is 13.5 Å². The van der Waals surface area contributed by atoms with Gasteiger partial charge in [0.2, 0.25) is 15.9 Å². The Morgan fingerprint density at radius 1 is 1.00 bits per heavy atom. The average Bonchev–Trinajstić information content (AvgIpc) is 3.53. The first-order valence-electron chi connectivity index (χ1n) is 11.3. The zero-order chi connectivity index (χ0) is 25.2. The van der Waals surface area contributed by atoms with Gasteiger partial charge in [-0.15, -0.1) is 11.3 Å². The summed E-state index contributed by atoms with van der Waals surface area (Å²) in [6.07, 6.45) is 1.06. The minimum absolute atomic E-state index is 0.0172. The molecule has 0 saturated carbocycles. The van der Waals surface area contributed by atoms with Crippen molar-refractivity contribution in [3.05, 3.63) is 76.6 Å². The number of ether oxygens (including phenoxy) is 2. The van der Waals surface area contributed by atoms with Crippen molar-refractivity contribution in [3.63, 3.8) is 0 Å². The topological polar surface area (TPSA) is 138 Å². The Kier molecular flexibility index (Phi) is 7.02. The molecule has 0 aliphatic carbocycles. The molecule has 5 rings (SSSR count). The van der Waals surface area contributed by atoms with Gasteiger partial charge in [0, 0.05) is 42.6 Å². The zero-order valence-electron chi connectivity index (χ0n) is 19.3. The van der Waals surface area contributed by atoms with Gasteiger partial charge >= 0.3 is 0 Å². The van der Waals surface area contributed by atoms with Crippen LogP contribution in [0.2, 0.25) is 0 Å². The summed E-state index contributed by atoms with van der Waals surface area (Å²) in [5, 5.41) is 18.6. The Hall–Kier alpha value is -2.93. The lowest BCUT2D eigenvalue weighted by Gasteiger charge is -2.29. The van der Waals surface area contributed by atoms with Gasteiger partial charge in [0.05, 0.1) is 17.2 Å². The number of oxazole rings is 1. The molecule has 0 spiro atoms. The largest absolute Gasteiger partial charge is 0.437 e. The summed E-state index contributed by atoms with van der Waals surface area (Å²) in [5.41, 5.74) is 1.92. The van der Waals surface area contributed by atoms with Crippen LogP contribution in [0, 0.1) is 0 Å². The number of nitrogens with zero attached hydrogens (tertiary/aromatic N) is 2. The van der Waals surface area contributed by atoms with Gasteiger partial charge in [-0.25, -0.2) is 23.5 Å². The quantitative estimate of drug-likeness (QED) is 0.353. The number of rotatable bonds is 8. The van der Waals surface area contributed by atoms with Crippen LogP contribution < -0.4 is 5.14 Å². The van der Waals surface area contributed by atoms with Crippen molar-refractivity contribution in [2.75, 3.05) is 13.2 Å². The Bertz CT molecular complexity index is 1430. The molecule has 0 bridgehead atoms. The van der Waals surface area contributed by atoms with Crippen LogP contribution in [0.15, 0.2) is 69.3 Å². The molecule has 0 unspecified atom stereocenters. The number of nitrogens with two attached hydrogens (primary N) is 1. The van der Waals surface area contributed by atoms with E-state index >= 15 is 0 Å². The van der Waals surface area contributed by atoms with E-state index in [1.54, 1.807) is 12.1 Å². The first kappa shape index (κ1) is 24.8. The van der Waals surface area contributed by atoms with Crippen LogP contribution in [-0.4, -0.2) is 36.7 Å². The van der Waals surface area contributed by atoms with Crippen LogP contribution in [0.1, 0.15) is 29.4 Å². The SMILES string of the molecule is NS(=O)(=O)c1ccc(-c2oc(COCc3csc(C4(O)CCOCC4)n3)nc2-c2ccccc2)cc1. The molecule has 3 heterocycles. The van der Waals surface area contributed by atoms with Crippen molar-refractivity contribution in [2.45, 2.75) is 36.6 Å². The minimum atomic E-state index is -3.80. The van der Waals surface area contributed by atoms with E-state index in [2.05, 4.69) is 9.97 Å². The smallest absolute Gasteiger partial charge is 0.238 e. The van der Waals surface area contributed by atoms with Gasteiger partial charge in [-0.05, 0) is 24.3 Å². The number of benzene rings is 2. The summed E-state index contributed by atoms with van der Waals surface area (Å²) >= 11 is 1.42. The highest BCUT2D eigenvalue weighted by atomic mass is 32.2. The van der Waals surface area contributed by atoms with Gasteiger partial charge in [-0.2, -0.15) is 0 Å². The van der Waals surface area contributed by atoms with E-state index < -0.39 is 15.6 Å². The van der Waals surface area contributed by atoms with Crippen molar-refractivity contribution in [3.8, 4) is 22.6 Å². The van der Waals surface area contributed by atoms with Crippen LogP contribution in [0.3, 0.4) is 0 Å². The summed E-state index contributed by atoms with van der Waals surface area (Å²) in [7, 11) is -3.80. The fraction of sp³-hybridized carbons (Fsp3) is 0.280. The second-order valence-electron chi connectivity index (χ2n) is 8.50. The Morgan fingerprint density at radius 3 is 2.42 bits per heavy atom. The number of hydrogen-bond donors (Lipinski definition) is 2. The standard InChI is InChI=1S/C25H25N3O6S2/c26-36(30,31)20-8-6-18(7-9-20)23-22(17-4-2-1-3-5-17)28-21(34-23)15-33-14-19-16-35-24(27-19)25(29)10-12-32-13-11-25/h1-9,16,29H,10-15H2,(H2,26,30,31). The molecule has 2 aromatic carbocycles. The normalized spacial score (nSPS) is 15.7. The van der Waals surface area contributed by atoms with E-state index in [4.69, 9.17) is 19.0 Å². The van der Waals surface area contributed by atoms with E-state index in [0.29, 0.717) is 54.0 Å². The van der Waals surface area contributed by atoms with E-state index in [1.807, 2.05) is 35.7 Å². The Balaban J connectivity index is 1.33. The highest BCUT2D eigenvalue weighted by Gasteiger charge is 2.34. The highest BCUT2D eigenvalue weighted by Crippen LogP contribution is 2.35. The molecule has 1 saturated heterocycles. The molecule has 4 aromatic rings. The van der Waals surface area contributed by atoms with Crippen LogP contribution in [0.5, 0.6) is 0 Å². The van der Waals surface area contributed by atoms with Gasteiger partial charge in [0.1, 0.15) is 22.9 Å². The molecule has 0 radical (unpaired) electrons. The summed E-state index contributed by atoms with van der Waals surface area (Å²) in [6.45, 7) is 1.39. The van der Waals surface area contributed by atoms with Gasteiger partial charge in [-0.3, -0.25) is 0 Å². The second-order valence-corrected chi connectivity index (χ2v) is 10.9. The monoisotopic (exact) mass is 527 g/mol. The fourth-order valence-electron chi connectivity index (χ4n) is 3.96. The number of primary sulfonamides is 1. The van der Waals surface area contributed by atoms with Gasteiger partial charge in [0.25, 0.3) is 0 Å². The third-order valence-corrected chi connectivity index (χ3v) is 7.92. The third-order valence-electron chi connectivity index (χ3n) is 5.91. The molecular formula is C25H25N3O6S2. The molecule has 9 nitrogen and oxygen atoms in total. The lowest BCUT2D eigenvalue weighted by atomic mass is 9.95. The van der Waals surface area contributed by atoms with E-state index in [0.717, 1.165) is 11.3 Å². The molecule has 2 aromatic heterocycles. The van der Waals surface area contributed by atoms with Crippen molar-refractivity contribution in [1.29, 1.82) is 0 Å².